The molecule has 4 nitrogen and oxygen atoms in total. The molecule has 2 aliphatic carbocycles. The van der Waals surface area contributed by atoms with Crippen LogP contribution in [0.3, 0.4) is 0 Å². The van der Waals surface area contributed by atoms with Crippen LogP contribution in [0.15, 0.2) is 109 Å². The summed E-state index contributed by atoms with van der Waals surface area (Å²) in [5.74, 6) is 0. The van der Waals surface area contributed by atoms with E-state index < -0.39 is 0 Å². The molecule has 0 saturated carbocycles. The summed E-state index contributed by atoms with van der Waals surface area (Å²) >= 11 is 0. The Bertz CT molecular complexity index is 3750. The molecular weight excluding hydrogens is 777 g/mol. The number of fused-ring (bicyclic) bond motifs is 11. The van der Waals surface area contributed by atoms with Gasteiger partial charge in [-0.15, -0.1) is 0 Å². The van der Waals surface area contributed by atoms with E-state index in [1.807, 2.05) is 41.5 Å². The van der Waals surface area contributed by atoms with E-state index in [0.29, 0.717) is 33.4 Å². The lowest BCUT2D eigenvalue weighted by molar-refractivity contribution is 1.23. The van der Waals surface area contributed by atoms with Crippen molar-refractivity contribution < 1.29 is 0 Å². The molecule has 0 aliphatic heterocycles. The van der Waals surface area contributed by atoms with Crippen molar-refractivity contribution in [3.63, 3.8) is 0 Å². The van der Waals surface area contributed by atoms with Crippen molar-refractivity contribution in [1.29, 1.82) is 21.0 Å². The molecule has 0 radical (unpaired) electrons. The number of nitriles is 4. The largest absolute Gasteiger partial charge is 0.192 e. The molecule has 0 fully saturated rings. The Balaban J connectivity index is 1.35. The molecule has 0 aromatic heterocycles. The average molecular weight is 813 g/mol. The summed E-state index contributed by atoms with van der Waals surface area (Å²) in [6.07, 6.45) is 0. The number of benzene rings is 10. The van der Waals surface area contributed by atoms with Gasteiger partial charge < -0.3 is 0 Å². The van der Waals surface area contributed by atoms with Crippen molar-refractivity contribution in [3.8, 4) is 91.0 Å². The topological polar surface area (TPSA) is 95.2 Å². The highest BCUT2D eigenvalue weighted by atomic mass is 14.4. The summed E-state index contributed by atoms with van der Waals surface area (Å²) in [5, 5.41) is 54.5. The first-order valence-corrected chi connectivity index (χ1v) is 21.6. The fourth-order valence-corrected chi connectivity index (χ4v) is 11.4. The summed E-state index contributed by atoms with van der Waals surface area (Å²) in [5.41, 5.74) is 19.3. The monoisotopic (exact) mass is 812 g/mol. The molecule has 0 spiro atoms. The van der Waals surface area contributed by atoms with Gasteiger partial charge in [-0.25, -0.2) is 0 Å². The van der Waals surface area contributed by atoms with Crippen LogP contribution in [0, 0.1) is 86.9 Å². The predicted octanol–water partition coefficient (Wildman–Crippen LogP) is 15.4. The van der Waals surface area contributed by atoms with E-state index in [-0.39, 0.29) is 0 Å². The highest BCUT2D eigenvalue weighted by Crippen LogP contribution is 2.55. The van der Waals surface area contributed by atoms with Crippen LogP contribution in [0.2, 0.25) is 0 Å². The number of rotatable bonds is 2. The van der Waals surface area contributed by atoms with Crippen LogP contribution in [0.25, 0.3) is 121 Å². The molecular formula is C60H36N4. The maximum atomic E-state index is 11.0. The van der Waals surface area contributed by atoms with Crippen LogP contribution in [0.1, 0.15) is 55.6 Å². The predicted molar refractivity (Wildman–Crippen MR) is 261 cm³/mol. The van der Waals surface area contributed by atoms with Crippen LogP contribution >= 0.6 is 0 Å². The van der Waals surface area contributed by atoms with Gasteiger partial charge >= 0.3 is 0 Å². The maximum absolute atomic E-state index is 11.0. The van der Waals surface area contributed by atoms with Gasteiger partial charge in [-0.2, -0.15) is 21.0 Å². The smallest absolute Gasteiger partial charge is 0.100 e. The van der Waals surface area contributed by atoms with E-state index in [9.17, 15) is 21.0 Å². The zero-order valence-electron chi connectivity index (χ0n) is 36.2. The zero-order chi connectivity index (χ0) is 44.0. The number of hydrogen-bond acceptors (Lipinski definition) is 4. The Kier molecular flexibility index (Phi) is 7.56. The van der Waals surface area contributed by atoms with Crippen LogP contribution in [0.4, 0.5) is 0 Å². The van der Waals surface area contributed by atoms with Crippen LogP contribution in [-0.2, 0) is 0 Å². The van der Waals surface area contributed by atoms with Crippen LogP contribution in [0.5, 0.6) is 0 Å². The second kappa shape index (κ2) is 13.0. The standard InChI is InChI=1S/C60H36N4/c1-29-31(3)53(25-61)59(54(26-62)32(29)4)51-23-47-46-20-42-38-16-8-12-36-14-10-18-40(58(36)38)44(42)22-50(46)52(60-55(27-63)33(5)30(2)34(6)56(60)28-64)24-48(47)45-19-41-37-15-7-11-35-13-9-17-39(57(35)37)43(41)21-49(45)51/h7-24H,1-6H3. The van der Waals surface area contributed by atoms with E-state index in [1.165, 1.54) is 21.5 Å². The third-order valence-electron chi connectivity index (χ3n) is 15.0. The minimum absolute atomic E-state index is 0.498. The van der Waals surface area contributed by atoms with Gasteiger partial charge in [0.05, 0.1) is 22.3 Å². The normalized spacial score (nSPS) is 11.8. The third kappa shape index (κ3) is 4.57. The Labute approximate surface area is 370 Å². The highest BCUT2D eigenvalue weighted by molar-refractivity contribution is 6.29. The van der Waals surface area contributed by atoms with Crippen molar-refractivity contribution in [2.75, 3.05) is 0 Å². The first kappa shape index (κ1) is 37.2. The summed E-state index contributed by atoms with van der Waals surface area (Å²) in [4.78, 5) is 0. The molecule has 10 aromatic carbocycles. The lowest BCUT2D eigenvalue weighted by Gasteiger charge is -2.22. The van der Waals surface area contributed by atoms with Crippen molar-refractivity contribution in [2.45, 2.75) is 41.5 Å². The van der Waals surface area contributed by atoms with Crippen molar-refractivity contribution in [1.82, 2.24) is 0 Å². The Morgan fingerprint density at radius 2 is 0.531 bits per heavy atom. The lowest BCUT2D eigenvalue weighted by Crippen LogP contribution is -2.03. The summed E-state index contributed by atoms with van der Waals surface area (Å²) in [6.45, 7) is 11.9. The molecule has 0 N–H and O–H groups in total. The van der Waals surface area contributed by atoms with E-state index in [2.05, 4.69) is 133 Å². The Morgan fingerprint density at radius 1 is 0.281 bits per heavy atom. The fraction of sp³-hybridized carbons (Fsp3) is 0.100. The minimum atomic E-state index is 0.498. The molecule has 0 saturated heterocycles. The minimum Gasteiger partial charge on any atom is -0.192 e. The Hall–Kier alpha value is -8.54. The Morgan fingerprint density at radius 3 is 0.812 bits per heavy atom. The molecule has 296 valence electrons. The molecule has 64 heavy (non-hydrogen) atoms. The van der Waals surface area contributed by atoms with Gasteiger partial charge in [0.1, 0.15) is 24.3 Å². The fourth-order valence-electron chi connectivity index (χ4n) is 11.4. The molecule has 12 rings (SSSR count). The summed E-state index contributed by atoms with van der Waals surface area (Å²) in [6, 6.07) is 49.6. The molecule has 4 heteroatoms. The van der Waals surface area contributed by atoms with Gasteiger partial charge in [0.2, 0.25) is 0 Å². The molecule has 0 bridgehead atoms. The second-order valence-electron chi connectivity index (χ2n) is 17.7. The average Bonchev–Trinajstić information content (AvgIpc) is 3.81. The van der Waals surface area contributed by atoms with E-state index in [4.69, 9.17) is 0 Å². The van der Waals surface area contributed by atoms with Gasteiger partial charge in [0, 0.05) is 11.1 Å². The molecule has 0 heterocycles. The molecule has 0 amide bonds. The third-order valence-corrected chi connectivity index (χ3v) is 15.0. The summed E-state index contributed by atoms with van der Waals surface area (Å²) in [7, 11) is 0. The van der Waals surface area contributed by atoms with E-state index in [1.54, 1.807) is 0 Å². The highest BCUT2D eigenvalue weighted by Gasteiger charge is 2.30. The van der Waals surface area contributed by atoms with Gasteiger partial charge in [-0.3, -0.25) is 0 Å². The first-order valence-electron chi connectivity index (χ1n) is 21.6. The van der Waals surface area contributed by atoms with Crippen molar-refractivity contribution in [2.24, 2.45) is 0 Å². The van der Waals surface area contributed by atoms with Gasteiger partial charge in [0.15, 0.2) is 0 Å². The van der Waals surface area contributed by atoms with E-state index in [0.717, 1.165) is 121 Å². The van der Waals surface area contributed by atoms with Gasteiger partial charge in [-0.05, 0) is 221 Å². The SMILES string of the molecule is Cc1c(C)c(C#N)c(-c2cc3c4cc5c(cc4c(-c4c(C#N)c(C)c(C)c(C)c4C#N)cc3c3cc4c(cc23)-c2cccc3cccc-4c23)-c2cccc3cccc-5c23)c(C#N)c1C. The van der Waals surface area contributed by atoms with Crippen LogP contribution < -0.4 is 0 Å². The lowest BCUT2D eigenvalue weighted by atomic mass is 9.79. The second-order valence-corrected chi connectivity index (χ2v) is 17.7. The van der Waals surface area contributed by atoms with Crippen molar-refractivity contribution >= 4 is 53.9 Å². The van der Waals surface area contributed by atoms with E-state index >= 15 is 0 Å². The van der Waals surface area contributed by atoms with Gasteiger partial charge in [-0.1, -0.05) is 72.8 Å². The van der Waals surface area contributed by atoms with Gasteiger partial charge in [0.25, 0.3) is 0 Å². The molecule has 0 unspecified atom stereocenters. The number of hydrogen-bond donors (Lipinski definition) is 0. The molecule has 0 atom stereocenters. The molecule has 2 aliphatic rings. The zero-order valence-corrected chi connectivity index (χ0v) is 36.2. The molecule has 10 aromatic rings. The summed E-state index contributed by atoms with van der Waals surface area (Å²) < 4.78 is 0. The maximum Gasteiger partial charge on any atom is 0.100 e. The van der Waals surface area contributed by atoms with Crippen LogP contribution in [-0.4, -0.2) is 0 Å². The van der Waals surface area contributed by atoms with Crippen molar-refractivity contribution in [3.05, 3.63) is 165 Å². The first-order chi connectivity index (χ1) is 31.1. The number of nitrogens with zero attached hydrogens (tertiary/aromatic N) is 4. The quantitative estimate of drug-likeness (QED) is 0.162.